The number of aliphatic hydroxyl groups excluding tert-OH is 4. The first-order valence-electron chi connectivity index (χ1n) is 18.4. The summed E-state index contributed by atoms with van der Waals surface area (Å²) in [6.45, 7) is 21.2. The van der Waals surface area contributed by atoms with Gasteiger partial charge >= 0.3 is 0 Å². The number of rotatable bonds is 6. The number of hydrogen-bond donors (Lipinski definition) is 5. The van der Waals surface area contributed by atoms with Gasteiger partial charge in [-0.2, -0.15) is 0 Å². The third kappa shape index (κ3) is 4.55. The molecule has 5 aliphatic carbocycles. The van der Waals surface area contributed by atoms with Crippen molar-refractivity contribution in [3.05, 3.63) is 12.3 Å². The van der Waals surface area contributed by atoms with Gasteiger partial charge in [0.1, 0.15) is 24.4 Å². The molecular formula is C38H62O9. The van der Waals surface area contributed by atoms with E-state index in [1.54, 1.807) is 0 Å². The van der Waals surface area contributed by atoms with Crippen molar-refractivity contribution in [2.24, 2.45) is 44.8 Å². The Morgan fingerprint density at radius 1 is 0.872 bits per heavy atom. The summed E-state index contributed by atoms with van der Waals surface area (Å²) in [4.78, 5) is 0. The Bertz CT molecular complexity index is 1260. The van der Waals surface area contributed by atoms with E-state index >= 15 is 0 Å². The second kappa shape index (κ2) is 10.6. The Labute approximate surface area is 281 Å². The van der Waals surface area contributed by atoms with Crippen LogP contribution >= 0.6 is 0 Å². The van der Waals surface area contributed by atoms with Crippen molar-refractivity contribution in [1.29, 1.82) is 0 Å². The smallest absolute Gasteiger partial charge is 0.186 e. The summed E-state index contributed by atoms with van der Waals surface area (Å²) >= 11 is 0. The molecule has 0 aromatic rings. The minimum absolute atomic E-state index is 0.0444. The first-order chi connectivity index (χ1) is 21.7. The summed E-state index contributed by atoms with van der Waals surface area (Å²) in [7, 11) is 0. The molecule has 2 heterocycles. The van der Waals surface area contributed by atoms with Gasteiger partial charge in [-0.1, -0.05) is 34.3 Å². The van der Waals surface area contributed by atoms with Gasteiger partial charge < -0.3 is 44.5 Å². The Morgan fingerprint density at radius 2 is 1.55 bits per heavy atom. The standard InChI is InChI=1S/C38H62O9/c1-20(2)45-22-16-34(7)24-11-10-23-32(3,4)26(46-31-29(42)28(41)21(39)18-44-31)13-15-37(23)19-38(24,37)17-25(40)36(34,9)30(22)35(8)14-12-27(47-35)33(5,6)43/h21-31,39-43H,1,10-19H2,2-9H3/t21-,22-,23+,24-,25+,26+,27+,28-,29-,30-,31-,34-,35-,36+,37+,38-/m0/s1. The fraction of sp³-hybridized carbons (Fsp3) is 0.947. The van der Waals surface area contributed by atoms with Crippen LogP contribution in [0.15, 0.2) is 12.3 Å². The monoisotopic (exact) mass is 662 g/mol. The molecule has 0 aromatic heterocycles. The Morgan fingerprint density at radius 3 is 2.19 bits per heavy atom. The van der Waals surface area contributed by atoms with Crippen molar-refractivity contribution in [2.45, 2.75) is 173 Å². The fourth-order valence-corrected chi connectivity index (χ4v) is 13.7. The summed E-state index contributed by atoms with van der Waals surface area (Å²) in [6, 6.07) is 0. The molecule has 268 valence electrons. The zero-order valence-electron chi connectivity index (χ0n) is 30.0. The van der Waals surface area contributed by atoms with Crippen molar-refractivity contribution in [3.8, 4) is 0 Å². The van der Waals surface area contributed by atoms with Gasteiger partial charge in [-0.25, -0.2) is 0 Å². The van der Waals surface area contributed by atoms with E-state index in [9.17, 15) is 25.5 Å². The topological polar surface area (TPSA) is 138 Å². The Hall–Kier alpha value is -0.780. The normalized spacial score (nSPS) is 56.6. The van der Waals surface area contributed by atoms with Gasteiger partial charge in [0.05, 0.1) is 41.9 Å². The zero-order valence-corrected chi connectivity index (χ0v) is 30.0. The van der Waals surface area contributed by atoms with Crippen LogP contribution in [0.25, 0.3) is 0 Å². The Balaban J connectivity index is 1.19. The van der Waals surface area contributed by atoms with Crippen molar-refractivity contribution in [2.75, 3.05) is 6.61 Å². The highest BCUT2D eigenvalue weighted by molar-refractivity contribution is 5.33. The maximum atomic E-state index is 12.6. The second-order valence-electron chi connectivity index (χ2n) is 19.0. The van der Waals surface area contributed by atoms with Gasteiger partial charge in [0, 0.05) is 11.3 Å². The third-order valence-electron chi connectivity index (χ3n) is 15.9. The minimum Gasteiger partial charge on any atom is -0.495 e. The summed E-state index contributed by atoms with van der Waals surface area (Å²) in [5.74, 6) is 1.46. The predicted octanol–water partition coefficient (Wildman–Crippen LogP) is 4.46. The van der Waals surface area contributed by atoms with E-state index in [2.05, 4.69) is 41.2 Å². The van der Waals surface area contributed by atoms with Crippen LogP contribution < -0.4 is 0 Å². The van der Waals surface area contributed by atoms with Crippen LogP contribution in [0.1, 0.15) is 113 Å². The molecule has 7 aliphatic rings. The first kappa shape index (κ1) is 34.7. The molecule has 5 saturated carbocycles. The molecule has 0 aromatic carbocycles. The highest BCUT2D eigenvalue weighted by Gasteiger charge is 2.85. The average Bonchev–Trinajstić information content (AvgIpc) is 3.30. The molecule has 0 amide bonds. The minimum atomic E-state index is -1.30. The van der Waals surface area contributed by atoms with Crippen LogP contribution in [0.4, 0.5) is 0 Å². The molecule has 2 saturated heterocycles. The summed E-state index contributed by atoms with van der Waals surface area (Å²) in [5.41, 5.74) is -2.16. The quantitative estimate of drug-likeness (QED) is 0.206. The van der Waals surface area contributed by atoms with E-state index in [1.807, 2.05) is 20.8 Å². The van der Waals surface area contributed by atoms with Crippen LogP contribution in [0.3, 0.4) is 0 Å². The van der Waals surface area contributed by atoms with Crippen LogP contribution in [-0.4, -0.2) is 92.4 Å². The molecule has 2 spiro atoms. The predicted molar refractivity (Wildman–Crippen MR) is 175 cm³/mol. The fourth-order valence-electron chi connectivity index (χ4n) is 13.7. The van der Waals surface area contributed by atoms with Gasteiger partial charge in [0.2, 0.25) is 0 Å². The molecule has 16 atom stereocenters. The van der Waals surface area contributed by atoms with Gasteiger partial charge in [0.25, 0.3) is 0 Å². The maximum Gasteiger partial charge on any atom is 0.186 e. The van der Waals surface area contributed by atoms with E-state index in [4.69, 9.17) is 18.9 Å². The van der Waals surface area contributed by atoms with Crippen LogP contribution in [0.2, 0.25) is 0 Å². The molecule has 0 unspecified atom stereocenters. The van der Waals surface area contributed by atoms with Crippen molar-refractivity contribution < 1.29 is 44.5 Å². The number of hydrogen-bond acceptors (Lipinski definition) is 9. The van der Waals surface area contributed by atoms with E-state index in [1.165, 1.54) is 0 Å². The maximum absolute atomic E-state index is 12.6. The second-order valence-corrected chi connectivity index (χ2v) is 19.0. The summed E-state index contributed by atoms with van der Waals surface area (Å²) in [5, 5.41) is 54.4. The van der Waals surface area contributed by atoms with Crippen molar-refractivity contribution in [3.63, 3.8) is 0 Å². The lowest BCUT2D eigenvalue weighted by atomic mass is 9.41. The highest BCUT2D eigenvalue weighted by Crippen LogP contribution is 2.89. The number of aliphatic hydroxyl groups is 5. The van der Waals surface area contributed by atoms with Crippen LogP contribution in [-0.2, 0) is 18.9 Å². The molecular weight excluding hydrogens is 600 g/mol. The SMILES string of the molecule is C=C(C)O[C@H]1C[C@@]2(C)[C@@H]3CC[C@@H]4C(C)(C)[C@H](O[C@@H]5OC[C@H](O)[C@H](O)[C@@H]5O)CC[C@@]45C[C@@]35C[C@@H](O)[C@]2(C)[C@@H]1[C@]1(C)CC[C@H](C(C)(C)O)O1. The van der Waals surface area contributed by atoms with Crippen molar-refractivity contribution >= 4 is 0 Å². The van der Waals surface area contributed by atoms with Crippen LogP contribution in [0.5, 0.6) is 0 Å². The van der Waals surface area contributed by atoms with Crippen LogP contribution in [0, 0.1) is 44.8 Å². The molecule has 47 heavy (non-hydrogen) atoms. The molecule has 9 heteroatoms. The number of allylic oxidation sites excluding steroid dienone is 1. The van der Waals surface area contributed by atoms with E-state index in [-0.39, 0.29) is 52.5 Å². The summed E-state index contributed by atoms with van der Waals surface area (Å²) in [6.07, 6.45) is 2.52. The van der Waals surface area contributed by atoms with Gasteiger partial charge in [-0.15, -0.1) is 0 Å². The molecule has 5 N–H and O–H groups in total. The van der Waals surface area contributed by atoms with Crippen molar-refractivity contribution in [1.82, 2.24) is 0 Å². The zero-order chi connectivity index (χ0) is 34.3. The molecule has 2 aliphatic heterocycles. The van der Waals surface area contributed by atoms with E-state index in [0.29, 0.717) is 17.6 Å². The largest absolute Gasteiger partial charge is 0.495 e. The summed E-state index contributed by atoms with van der Waals surface area (Å²) < 4.78 is 25.6. The lowest BCUT2D eigenvalue weighted by molar-refractivity contribution is -0.303. The first-order valence-corrected chi connectivity index (χ1v) is 18.4. The molecule has 0 bridgehead atoms. The molecule has 0 radical (unpaired) electrons. The van der Waals surface area contributed by atoms with Gasteiger partial charge in [0.15, 0.2) is 6.29 Å². The molecule has 7 fully saturated rings. The number of fused-ring (bicyclic) bond motifs is 2. The lowest BCUT2D eigenvalue weighted by Gasteiger charge is -2.65. The Kier molecular flexibility index (Phi) is 7.84. The molecule has 9 nitrogen and oxygen atoms in total. The third-order valence-corrected chi connectivity index (χ3v) is 15.9. The lowest BCUT2D eigenvalue weighted by Crippen LogP contribution is -2.64. The average molecular weight is 663 g/mol. The van der Waals surface area contributed by atoms with E-state index in [0.717, 1.165) is 57.8 Å². The molecule has 7 rings (SSSR count). The van der Waals surface area contributed by atoms with E-state index < -0.39 is 47.3 Å². The van der Waals surface area contributed by atoms with Gasteiger partial charge in [-0.05, 0) is 119 Å². The van der Waals surface area contributed by atoms with Gasteiger partial charge in [-0.3, -0.25) is 0 Å². The highest BCUT2D eigenvalue weighted by atomic mass is 16.7. The number of ether oxygens (including phenoxy) is 4.